The molecule has 1 N–H and O–H groups in total. The van der Waals surface area contributed by atoms with Crippen molar-refractivity contribution in [3.63, 3.8) is 0 Å². The van der Waals surface area contributed by atoms with Crippen molar-refractivity contribution in [1.29, 1.82) is 0 Å². The van der Waals surface area contributed by atoms with Crippen LogP contribution in [0.25, 0.3) is 0 Å². The molecule has 7 heteroatoms. The Kier molecular flexibility index (Phi) is 4.75. The van der Waals surface area contributed by atoms with E-state index >= 15 is 0 Å². The summed E-state index contributed by atoms with van der Waals surface area (Å²) in [4.78, 5) is 36.0. The van der Waals surface area contributed by atoms with Crippen LogP contribution in [0.4, 0.5) is 5.69 Å². The minimum absolute atomic E-state index is 0.240. The van der Waals surface area contributed by atoms with Gasteiger partial charge in [0.15, 0.2) is 0 Å². The highest BCUT2D eigenvalue weighted by Crippen LogP contribution is 2.37. The van der Waals surface area contributed by atoms with E-state index in [1.165, 1.54) is 12.0 Å². The van der Waals surface area contributed by atoms with Crippen LogP contribution in [0.15, 0.2) is 24.3 Å². The summed E-state index contributed by atoms with van der Waals surface area (Å²) in [7, 11) is 1.31. The average molecular weight is 322 g/mol. The van der Waals surface area contributed by atoms with Crippen LogP contribution in [-0.4, -0.2) is 47.0 Å². The maximum absolute atomic E-state index is 12.3. The Labute approximate surface area is 133 Å². The third-order valence-electron chi connectivity index (χ3n) is 3.54. The number of carbonyl (C=O) groups excluding carboxylic acids is 3. The summed E-state index contributed by atoms with van der Waals surface area (Å²) in [5, 5.41) is 2.77. The molecule has 2 amide bonds. The molecular weight excluding hydrogens is 304 g/mol. The van der Waals surface area contributed by atoms with Gasteiger partial charge >= 0.3 is 5.97 Å². The Bertz CT molecular complexity index is 586. The SMILES string of the molecule is COC(=O)c1ccc(NC(=O)[C@@H]2CSC(C)(C)N2C=O)cc1. The fraction of sp³-hybridized carbons (Fsp3) is 0.400. The first-order valence-electron chi connectivity index (χ1n) is 6.76. The quantitative estimate of drug-likeness (QED) is 0.675. The predicted octanol–water partition coefficient (Wildman–Crippen LogP) is 1.72. The highest BCUT2D eigenvalue weighted by atomic mass is 32.2. The van der Waals surface area contributed by atoms with Crippen LogP contribution in [0, 0.1) is 0 Å². The van der Waals surface area contributed by atoms with Gasteiger partial charge in [0.1, 0.15) is 6.04 Å². The van der Waals surface area contributed by atoms with Gasteiger partial charge in [0.25, 0.3) is 0 Å². The van der Waals surface area contributed by atoms with Gasteiger partial charge in [0.05, 0.1) is 17.5 Å². The first kappa shape index (κ1) is 16.4. The summed E-state index contributed by atoms with van der Waals surface area (Å²) >= 11 is 1.56. The minimum atomic E-state index is -0.502. The number of carbonyl (C=O) groups is 3. The molecule has 0 unspecified atom stereocenters. The number of nitrogens with one attached hydrogen (secondary N) is 1. The second kappa shape index (κ2) is 6.39. The number of rotatable bonds is 4. The van der Waals surface area contributed by atoms with Gasteiger partial charge in [-0.25, -0.2) is 4.79 Å². The number of anilines is 1. The fourth-order valence-corrected chi connectivity index (χ4v) is 3.45. The van der Waals surface area contributed by atoms with Crippen LogP contribution in [0.3, 0.4) is 0 Å². The van der Waals surface area contributed by atoms with Crippen LogP contribution in [0.2, 0.25) is 0 Å². The van der Waals surface area contributed by atoms with E-state index in [0.29, 0.717) is 23.4 Å². The number of thioether (sulfide) groups is 1. The van der Waals surface area contributed by atoms with Crippen molar-refractivity contribution >= 4 is 35.7 Å². The molecule has 22 heavy (non-hydrogen) atoms. The van der Waals surface area contributed by atoms with E-state index in [1.54, 1.807) is 36.0 Å². The summed E-state index contributed by atoms with van der Waals surface area (Å²) in [5.41, 5.74) is 0.978. The highest BCUT2D eigenvalue weighted by molar-refractivity contribution is 8.00. The van der Waals surface area contributed by atoms with Crippen LogP contribution in [0.5, 0.6) is 0 Å². The molecule has 1 atom stereocenters. The molecule has 0 aliphatic carbocycles. The first-order valence-corrected chi connectivity index (χ1v) is 7.74. The maximum atomic E-state index is 12.3. The van der Waals surface area contributed by atoms with Gasteiger partial charge in [-0.1, -0.05) is 0 Å². The van der Waals surface area contributed by atoms with Crippen LogP contribution in [0.1, 0.15) is 24.2 Å². The van der Waals surface area contributed by atoms with Crippen LogP contribution in [-0.2, 0) is 14.3 Å². The van der Waals surface area contributed by atoms with E-state index < -0.39 is 16.9 Å². The van der Waals surface area contributed by atoms with Crippen molar-refractivity contribution < 1.29 is 19.1 Å². The monoisotopic (exact) mass is 322 g/mol. The molecule has 118 valence electrons. The molecule has 0 aromatic heterocycles. The number of amides is 2. The summed E-state index contributed by atoms with van der Waals surface area (Å²) in [5.74, 6) is -0.118. The lowest BCUT2D eigenvalue weighted by atomic mass is 10.2. The molecule has 1 aliphatic rings. The lowest BCUT2D eigenvalue weighted by Crippen LogP contribution is -2.47. The van der Waals surface area contributed by atoms with Gasteiger partial charge in [-0.2, -0.15) is 0 Å². The van der Waals surface area contributed by atoms with Gasteiger partial charge in [-0.05, 0) is 38.1 Å². The van der Waals surface area contributed by atoms with Gasteiger partial charge in [-0.15, -0.1) is 11.8 Å². The van der Waals surface area contributed by atoms with E-state index in [9.17, 15) is 14.4 Å². The van der Waals surface area contributed by atoms with Crippen molar-refractivity contribution in [2.75, 3.05) is 18.2 Å². The second-order valence-corrected chi connectivity index (χ2v) is 6.97. The highest BCUT2D eigenvalue weighted by Gasteiger charge is 2.42. The van der Waals surface area contributed by atoms with Gasteiger partial charge in [0.2, 0.25) is 12.3 Å². The van der Waals surface area contributed by atoms with E-state index in [-0.39, 0.29) is 5.91 Å². The molecule has 0 bridgehead atoms. The summed E-state index contributed by atoms with van der Waals surface area (Å²) in [6, 6.07) is 5.90. The number of benzene rings is 1. The molecule has 1 aromatic rings. The fourth-order valence-electron chi connectivity index (χ4n) is 2.25. The van der Waals surface area contributed by atoms with Crippen LogP contribution < -0.4 is 5.32 Å². The summed E-state index contributed by atoms with van der Waals surface area (Å²) in [6.45, 7) is 3.81. The third-order valence-corrected chi connectivity index (χ3v) is 4.94. The Morgan fingerprint density at radius 1 is 1.36 bits per heavy atom. The molecule has 1 aliphatic heterocycles. The van der Waals surface area contributed by atoms with Crippen molar-refractivity contribution in [3.05, 3.63) is 29.8 Å². The smallest absolute Gasteiger partial charge is 0.337 e. The number of nitrogens with zero attached hydrogens (tertiary/aromatic N) is 1. The van der Waals surface area contributed by atoms with Crippen molar-refractivity contribution in [3.8, 4) is 0 Å². The molecule has 1 fully saturated rings. The van der Waals surface area contributed by atoms with Crippen LogP contribution >= 0.6 is 11.8 Å². The summed E-state index contributed by atoms with van der Waals surface area (Å²) < 4.78 is 4.62. The standard InChI is InChI=1S/C15H18N2O4S/c1-15(2)17(9-18)12(8-22-15)13(19)16-11-6-4-10(5-7-11)14(20)21-3/h4-7,9,12H,8H2,1-3H3,(H,16,19)/t12-/m0/s1. The number of hydrogen-bond donors (Lipinski definition) is 1. The normalized spacial score (nSPS) is 19.6. The average Bonchev–Trinajstić information content (AvgIpc) is 2.81. The number of hydrogen-bond acceptors (Lipinski definition) is 5. The van der Waals surface area contributed by atoms with Crippen molar-refractivity contribution in [2.45, 2.75) is 24.8 Å². The summed E-state index contributed by atoms with van der Waals surface area (Å²) in [6.07, 6.45) is 0.713. The predicted molar refractivity (Wildman–Crippen MR) is 84.6 cm³/mol. The molecule has 1 aromatic carbocycles. The Morgan fingerprint density at radius 3 is 2.55 bits per heavy atom. The van der Waals surface area contributed by atoms with Gasteiger partial charge < -0.3 is 15.0 Å². The molecule has 2 rings (SSSR count). The Hall–Kier alpha value is -2.02. The molecule has 0 spiro atoms. The van der Waals surface area contributed by atoms with Crippen molar-refractivity contribution in [2.24, 2.45) is 0 Å². The number of methoxy groups -OCH3 is 1. The zero-order valence-corrected chi connectivity index (χ0v) is 13.5. The van der Waals surface area contributed by atoms with Gasteiger partial charge in [0, 0.05) is 11.4 Å². The van der Waals surface area contributed by atoms with E-state index in [0.717, 1.165) is 0 Å². The first-order chi connectivity index (χ1) is 10.4. The zero-order valence-electron chi connectivity index (χ0n) is 12.7. The zero-order chi connectivity index (χ0) is 16.3. The lowest BCUT2D eigenvalue weighted by molar-refractivity contribution is -0.130. The Balaban J connectivity index is 2.06. The largest absolute Gasteiger partial charge is 0.465 e. The minimum Gasteiger partial charge on any atom is -0.465 e. The molecule has 6 nitrogen and oxygen atoms in total. The number of esters is 1. The van der Waals surface area contributed by atoms with E-state index in [1.807, 2.05) is 13.8 Å². The van der Waals surface area contributed by atoms with Crippen molar-refractivity contribution in [1.82, 2.24) is 4.90 Å². The molecule has 0 saturated carbocycles. The molecule has 1 saturated heterocycles. The van der Waals surface area contributed by atoms with E-state index in [4.69, 9.17) is 0 Å². The Morgan fingerprint density at radius 2 is 2.00 bits per heavy atom. The molecule has 1 heterocycles. The molecular formula is C15H18N2O4S. The molecule has 0 radical (unpaired) electrons. The maximum Gasteiger partial charge on any atom is 0.337 e. The lowest BCUT2D eigenvalue weighted by Gasteiger charge is -2.30. The number of ether oxygens (including phenoxy) is 1. The second-order valence-electron chi connectivity index (χ2n) is 5.34. The van der Waals surface area contributed by atoms with Gasteiger partial charge in [-0.3, -0.25) is 9.59 Å². The van der Waals surface area contributed by atoms with E-state index in [2.05, 4.69) is 10.1 Å². The topological polar surface area (TPSA) is 75.7 Å². The third kappa shape index (κ3) is 3.24.